The Morgan fingerprint density at radius 1 is 1.42 bits per heavy atom. The predicted molar refractivity (Wildman–Crippen MR) is 46.2 cm³/mol. The molecule has 0 fully saturated rings. The van der Waals surface area contributed by atoms with Gasteiger partial charge in [-0.05, 0) is 12.1 Å². The highest BCUT2D eigenvalue weighted by Gasteiger charge is 1.97. The molecule has 0 atom stereocenters. The molecule has 2 aromatic rings. The van der Waals surface area contributed by atoms with Gasteiger partial charge in [-0.3, -0.25) is 0 Å². The van der Waals surface area contributed by atoms with Crippen LogP contribution in [0.15, 0.2) is 30.9 Å². The van der Waals surface area contributed by atoms with Gasteiger partial charge in [-0.15, -0.1) is 0 Å². The molecule has 4 nitrogen and oxygen atoms in total. The normalized spacial score (nSPS) is 10.0. The van der Waals surface area contributed by atoms with E-state index in [4.69, 9.17) is 5.73 Å². The monoisotopic (exact) mass is 160 g/mol. The van der Waals surface area contributed by atoms with Crippen LogP contribution in [0.3, 0.4) is 0 Å². The van der Waals surface area contributed by atoms with Gasteiger partial charge in [0.1, 0.15) is 5.82 Å². The Kier molecular flexibility index (Phi) is 1.51. The van der Waals surface area contributed by atoms with Crippen LogP contribution in [0.2, 0.25) is 0 Å². The first-order chi connectivity index (χ1) is 5.86. The van der Waals surface area contributed by atoms with Crippen LogP contribution in [0.5, 0.6) is 0 Å². The van der Waals surface area contributed by atoms with Crippen LogP contribution in [0, 0.1) is 0 Å². The minimum absolute atomic E-state index is 0.516. The third-order valence-electron chi connectivity index (χ3n) is 1.59. The first-order valence-corrected chi connectivity index (χ1v) is 3.56. The van der Waals surface area contributed by atoms with E-state index in [0.29, 0.717) is 5.82 Å². The molecule has 0 saturated carbocycles. The predicted octanol–water partition coefficient (Wildman–Crippen LogP) is 1.05. The van der Waals surface area contributed by atoms with Crippen molar-refractivity contribution < 1.29 is 0 Å². The second-order valence-electron chi connectivity index (χ2n) is 2.43. The van der Waals surface area contributed by atoms with E-state index in [9.17, 15) is 0 Å². The second-order valence-corrected chi connectivity index (χ2v) is 2.43. The van der Waals surface area contributed by atoms with Gasteiger partial charge in [-0.1, -0.05) is 0 Å². The van der Waals surface area contributed by atoms with Crippen LogP contribution >= 0.6 is 0 Å². The number of rotatable bonds is 1. The zero-order valence-corrected chi connectivity index (χ0v) is 6.36. The lowest BCUT2D eigenvalue weighted by Crippen LogP contribution is -1.89. The first-order valence-electron chi connectivity index (χ1n) is 3.56. The molecule has 0 aliphatic rings. The Bertz CT molecular complexity index is 366. The summed E-state index contributed by atoms with van der Waals surface area (Å²) >= 11 is 0. The molecular weight excluding hydrogens is 152 g/mol. The van der Waals surface area contributed by atoms with E-state index in [1.807, 2.05) is 6.07 Å². The van der Waals surface area contributed by atoms with E-state index < -0.39 is 0 Å². The summed E-state index contributed by atoms with van der Waals surface area (Å²) in [4.78, 5) is 10.8. The lowest BCUT2D eigenvalue weighted by molar-refractivity contribution is 1.30. The van der Waals surface area contributed by atoms with E-state index in [1.54, 1.807) is 24.8 Å². The van der Waals surface area contributed by atoms with Crippen molar-refractivity contribution in [3.63, 3.8) is 0 Å². The van der Waals surface area contributed by atoms with E-state index in [1.165, 1.54) is 0 Å². The highest BCUT2D eigenvalue weighted by Crippen LogP contribution is 2.15. The van der Waals surface area contributed by atoms with Crippen molar-refractivity contribution in [2.24, 2.45) is 0 Å². The maximum absolute atomic E-state index is 5.52. The molecule has 60 valence electrons. The van der Waals surface area contributed by atoms with Crippen LogP contribution in [0.1, 0.15) is 0 Å². The molecule has 3 N–H and O–H groups in total. The molecule has 2 heterocycles. The number of nitrogens with zero attached hydrogens (tertiary/aromatic N) is 2. The van der Waals surface area contributed by atoms with Crippen LogP contribution in [0.25, 0.3) is 11.3 Å². The highest BCUT2D eigenvalue weighted by atomic mass is 14.9. The van der Waals surface area contributed by atoms with Crippen molar-refractivity contribution in [3.8, 4) is 11.3 Å². The maximum atomic E-state index is 5.52. The summed E-state index contributed by atoms with van der Waals surface area (Å²) in [6, 6.07) is 3.68. The highest BCUT2D eigenvalue weighted by molar-refractivity contribution is 5.60. The smallest absolute Gasteiger partial charge is 0.123 e. The molecule has 0 spiro atoms. The van der Waals surface area contributed by atoms with Gasteiger partial charge in [0, 0.05) is 11.8 Å². The van der Waals surface area contributed by atoms with Gasteiger partial charge in [0.15, 0.2) is 0 Å². The fourth-order valence-corrected chi connectivity index (χ4v) is 1.03. The first kappa shape index (κ1) is 6.84. The van der Waals surface area contributed by atoms with Crippen molar-refractivity contribution in [1.29, 1.82) is 0 Å². The van der Waals surface area contributed by atoms with Crippen LogP contribution in [-0.2, 0) is 0 Å². The average molecular weight is 160 g/mol. The molecule has 2 aromatic heterocycles. The number of nitrogens with one attached hydrogen (secondary N) is 1. The van der Waals surface area contributed by atoms with Crippen molar-refractivity contribution in [2.45, 2.75) is 0 Å². The molecule has 2 rings (SSSR count). The van der Waals surface area contributed by atoms with Gasteiger partial charge < -0.3 is 10.7 Å². The standard InChI is InChI=1S/C8H8N4/c9-8-3-6(1-2-11-8)7-4-10-5-12-7/h1-5H,(H2,9,11)(H,10,12). The van der Waals surface area contributed by atoms with Gasteiger partial charge in [-0.2, -0.15) is 0 Å². The SMILES string of the molecule is Nc1cc(-c2cnc[nH]2)ccn1. The van der Waals surface area contributed by atoms with Gasteiger partial charge in [-0.25, -0.2) is 9.97 Å². The van der Waals surface area contributed by atoms with Gasteiger partial charge in [0.05, 0.1) is 18.2 Å². The summed E-state index contributed by atoms with van der Waals surface area (Å²) in [6.07, 6.45) is 5.05. The Morgan fingerprint density at radius 2 is 2.33 bits per heavy atom. The number of nitrogen functional groups attached to an aromatic ring is 1. The molecule has 0 aromatic carbocycles. The Balaban J connectivity index is 2.48. The summed E-state index contributed by atoms with van der Waals surface area (Å²) in [5.41, 5.74) is 7.47. The minimum Gasteiger partial charge on any atom is -0.384 e. The fraction of sp³-hybridized carbons (Fsp3) is 0. The summed E-state index contributed by atoms with van der Waals surface area (Å²) in [5.74, 6) is 0.516. The number of aromatic amines is 1. The van der Waals surface area contributed by atoms with Gasteiger partial charge in [0.25, 0.3) is 0 Å². The van der Waals surface area contributed by atoms with Crippen molar-refractivity contribution in [1.82, 2.24) is 15.0 Å². The minimum atomic E-state index is 0.516. The third-order valence-corrected chi connectivity index (χ3v) is 1.59. The molecule has 0 unspecified atom stereocenters. The largest absolute Gasteiger partial charge is 0.384 e. The summed E-state index contributed by atoms with van der Waals surface area (Å²) < 4.78 is 0. The van der Waals surface area contributed by atoms with Gasteiger partial charge in [0.2, 0.25) is 0 Å². The number of imidazole rings is 1. The van der Waals surface area contributed by atoms with E-state index in [-0.39, 0.29) is 0 Å². The van der Waals surface area contributed by atoms with Gasteiger partial charge >= 0.3 is 0 Å². The number of H-pyrrole nitrogens is 1. The van der Waals surface area contributed by atoms with Crippen LogP contribution in [0.4, 0.5) is 5.82 Å². The Labute approximate surface area is 69.5 Å². The Hall–Kier alpha value is -1.84. The van der Waals surface area contributed by atoms with Crippen molar-refractivity contribution in [2.75, 3.05) is 5.73 Å². The topological polar surface area (TPSA) is 67.6 Å². The zero-order chi connectivity index (χ0) is 8.39. The average Bonchev–Trinajstić information content (AvgIpc) is 2.56. The lowest BCUT2D eigenvalue weighted by atomic mass is 10.2. The number of pyridine rings is 1. The number of hydrogen-bond donors (Lipinski definition) is 2. The van der Waals surface area contributed by atoms with E-state index in [2.05, 4.69) is 15.0 Å². The quantitative estimate of drug-likeness (QED) is 0.655. The van der Waals surface area contributed by atoms with Crippen LogP contribution < -0.4 is 5.73 Å². The van der Waals surface area contributed by atoms with Crippen molar-refractivity contribution in [3.05, 3.63) is 30.9 Å². The maximum Gasteiger partial charge on any atom is 0.123 e. The molecular formula is C8H8N4. The summed E-state index contributed by atoms with van der Waals surface area (Å²) in [5, 5.41) is 0. The molecule has 0 radical (unpaired) electrons. The summed E-state index contributed by atoms with van der Waals surface area (Å²) in [7, 11) is 0. The molecule has 0 aliphatic heterocycles. The van der Waals surface area contributed by atoms with E-state index >= 15 is 0 Å². The Morgan fingerprint density at radius 3 is 3.00 bits per heavy atom. The summed E-state index contributed by atoms with van der Waals surface area (Å²) in [6.45, 7) is 0. The molecule has 0 bridgehead atoms. The fourth-order valence-electron chi connectivity index (χ4n) is 1.03. The zero-order valence-electron chi connectivity index (χ0n) is 6.36. The number of nitrogens with two attached hydrogens (primary N) is 1. The third kappa shape index (κ3) is 1.14. The second kappa shape index (κ2) is 2.65. The molecule has 12 heavy (non-hydrogen) atoms. The molecule has 4 heteroatoms. The number of aromatic nitrogens is 3. The van der Waals surface area contributed by atoms with Crippen LogP contribution in [-0.4, -0.2) is 15.0 Å². The lowest BCUT2D eigenvalue weighted by Gasteiger charge is -1.96. The molecule has 0 amide bonds. The molecule has 0 aliphatic carbocycles. The number of anilines is 1. The molecule has 0 saturated heterocycles. The van der Waals surface area contributed by atoms with E-state index in [0.717, 1.165) is 11.3 Å². The number of hydrogen-bond acceptors (Lipinski definition) is 3. The van der Waals surface area contributed by atoms with Crippen molar-refractivity contribution >= 4 is 5.82 Å².